The van der Waals surface area contributed by atoms with Gasteiger partial charge in [0.2, 0.25) is 5.91 Å². The number of carbonyl (C=O) groups is 2. The monoisotopic (exact) mass is 237 g/mol. The summed E-state index contributed by atoms with van der Waals surface area (Å²) in [6, 6.07) is 2.94. The molecule has 0 aliphatic heterocycles. The smallest absolute Gasteiger partial charge is 0.273 e. The lowest BCUT2D eigenvalue weighted by Gasteiger charge is -2.05. The molecule has 92 valence electrons. The molecule has 0 radical (unpaired) electrons. The summed E-state index contributed by atoms with van der Waals surface area (Å²) in [5, 5.41) is 12.0. The van der Waals surface area contributed by atoms with Gasteiger partial charge in [0, 0.05) is 19.2 Å². The number of hydrogen-bond acceptors (Lipinski definition) is 4. The third kappa shape index (κ3) is 4.50. The van der Waals surface area contributed by atoms with Crippen LogP contribution in [0.25, 0.3) is 0 Å². The lowest BCUT2D eigenvalue weighted by atomic mass is 10.2. The van der Waals surface area contributed by atoms with E-state index in [1.165, 1.54) is 12.3 Å². The number of aromatic nitrogens is 1. The molecule has 17 heavy (non-hydrogen) atoms. The molecule has 2 amide bonds. The second kappa shape index (κ2) is 6.47. The molecule has 0 bridgehead atoms. The molecule has 6 heteroatoms. The minimum atomic E-state index is -0.429. The van der Waals surface area contributed by atoms with Gasteiger partial charge < -0.3 is 16.2 Å². The number of nitrogens with one attached hydrogen (secondary N) is 1. The molecule has 0 atom stereocenters. The van der Waals surface area contributed by atoms with Crippen LogP contribution < -0.4 is 11.1 Å². The summed E-state index contributed by atoms with van der Waals surface area (Å²) in [4.78, 5) is 25.8. The Bertz CT molecular complexity index is 407. The molecule has 0 aliphatic rings. The number of pyridine rings is 1. The van der Waals surface area contributed by atoms with Crippen LogP contribution in [-0.2, 0) is 4.79 Å². The van der Waals surface area contributed by atoms with E-state index in [1.807, 2.05) is 0 Å². The second-order valence-electron chi connectivity index (χ2n) is 3.55. The molecule has 1 aromatic heterocycles. The minimum Gasteiger partial charge on any atom is -0.505 e. The Morgan fingerprint density at radius 2 is 2.18 bits per heavy atom. The Hall–Kier alpha value is -2.11. The third-order valence-corrected chi connectivity index (χ3v) is 2.14. The van der Waals surface area contributed by atoms with Gasteiger partial charge in [0.15, 0.2) is 5.69 Å². The van der Waals surface area contributed by atoms with E-state index < -0.39 is 5.91 Å². The fraction of sp³-hybridized carbons (Fsp3) is 0.364. The Morgan fingerprint density at radius 1 is 1.41 bits per heavy atom. The number of carbonyl (C=O) groups excluding carboxylic acids is 2. The van der Waals surface area contributed by atoms with Gasteiger partial charge in [-0.2, -0.15) is 0 Å². The summed E-state index contributed by atoms with van der Waals surface area (Å²) in [6.45, 7) is 0.419. The van der Waals surface area contributed by atoms with Gasteiger partial charge in [-0.25, -0.2) is 4.98 Å². The van der Waals surface area contributed by atoms with Crippen molar-refractivity contribution in [3.63, 3.8) is 0 Å². The topological polar surface area (TPSA) is 105 Å². The van der Waals surface area contributed by atoms with Crippen LogP contribution in [0.3, 0.4) is 0 Å². The average Bonchev–Trinajstić information content (AvgIpc) is 2.28. The zero-order valence-electron chi connectivity index (χ0n) is 9.35. The van der Waals surface area contributed by atoms with Crippen molar-refractivity contribution in [2.24, 2.45) is 5.73 Å². The van der Waals surface area contributed by atoms with Crippen molar-refractivity contribution in [1.29, 1.82) is 0 Å². The van der Waals surface area contributed by atoms with E-state index >= 15 is 0 Å². The number of nitrogens with zero attached hydrogens (tertiary/aromatic N) is 1. The minimum absolute atomic E-state index is 0.00222. The number of rotatable bonds is 6. The van der Waals surface area contributed by atoms with Crippen molar-refractivity contribution in [3.05, 3.63) is 24.0 Å². The highest BCUT2D eigenvalue weighted by Crippen LogP contribution is 2.11. The molecule has 0 aliphatic carbocycles. The molecular weight excluding hydrogens is 222 g/mol. The Morgan fingerprint density at radius 3 is 2.82 bits per heavy atom. The summed E-state index contributed by atoms with van der Waals surface area (Å²) < 4.78 is 0. The number of primary amides is 1. The molecule has 6 nitrogen and oxygen atoms in total. The van der Waals surface area contributed by atoms with Gasteiger partial charge in [-0.1, -0.05) is 0 Å². The van der Waals surface area contributed by atoms with Gasteiger partial charge in [0.25, 0.3) is 5.91 Å². The van der Waals surface area contributed by atoms with E-state index in [1.54, 1.807) is 6.07 Å². The standard InChI is InChI=1S/C11H15N3O3/c12-9(16)5-1-2-6-14-11(17)10-8(15)4-3-7-13-10/h3-4,7,15H,1-2,5-6H2,(H2,12,16)(H,14,17). The van der Waals surface area contributed by atoms with E-state index in [0.717, 1.165) is 0 Å². The van der Waals surface area contributed by atoms with Crippen molar-refractivity contribution in [2.45, 2.75) is 19.3 Å². The fourth-order valence-corrected chi connectivity index (χ4v) is 1.28. The van der Waals surface area contributed by atoms with Crippen LogP contribution in [0.2, 0.25) is 0 Å². The number of nitrogens with two attached hydrogens (primary N) is 1. The molecule has 1 heterocycles. The first kappa shape index (κ1) is 13.0. The molecule has 1 rings (SSSR count). The summed E-state index contributed by atoms with van der Waals surface area (Å²) in [7, 11) is 0. The lowest BCUT2D eigenvalue weighted by Crippen LogP contribution is -2.25. The fourth-order valence-electron chi connectivity index (χ4n) is 1.28. The Balaban J connectivity index is 2.31. The largest absolute Gasteiger partial charge is 0.505 e. The molecule has 1 aromatic rings. The summed E-state index contributed by atoms with van der Waals surface area (Å²) >= 11 is 0. The molecule has 0 aromatic carbocycles. The number of amides is 2. The van der Waals surface area contributed by atoms with E-state index in [4.69, 9.17) is 5.73 Å². The molecular formula is C11H15N3O3. The van der Waals surface area contributed by atoms with Gasteiger partial charge >= 0.3 is 0 Å². The average molecular weight is 237 g/mol. The molecule has 0 spiro atoms. The van der Waals surface area contributed by atoms with Crippen LogP contribution in [-0.4, -0.2) is 28.4 Å². The molecule has 0 fully saturated rings. The van der Waals surface area contributed by atoms with Crippen LogP contribution in [0, 0.1) is 0 Å². The van der Waals surface area contributed by atoms with Crippen LogP contribution in [0.1, 0.15) is 29.8 Å². The van der Waals surface area contributed by atoms with Gasteiger partial charge in [-0.3, -0.25) is 9.59 Å². The van der Waals surface area contributed by atoms with Crippen molar-refractivity contribution in [2.75, 3.05) is 6.54 Å². The van der Waals surface area contributed by atoms with Gasteiger partial charge in [0.1, 0.15) is 5.75 Å². The highest BCUT2D eigenvalue weighted by atomic mass is 16.3. The summed E-state index contributed by atoms with van der Waals surface area (Å²) in [6.07, 6.45) is 3.03. The van der Waals surface area contributed by atoms with E-state index in [9.17, 15) is 14.7 Å². The number of unbranched alkanes of at least 4 members (excludes halogenated alkanes) is 1. The maximum Gasteiger partial charge on any atom is 0.273 e. The molecule has 4 N–H and O–H groups in total. The van der Waals surface area contributed by atoms with Gasteiger partial charge in [-0.05, 0) is 25.0 Å². The predicted molar refractivity (Wildman–Crippen MR) is 61.3 cm³/mol. The zero-order valence-corrected chi connectivity index (χ0v) is 9.35. The molecule has 0 unspecified atom stereocenters. The molecule has 0 saturated carbocycles. The Kier molecular flexibility index (Phi) is 4.93. The van der Waals surface area contributed by atoms with Gasteiger partial charge in [0.05, 0.1) is 0 Å². The normalized spacial score (nSPS) is 9.88. The van der Waals surface area contributed by atoms with Crippen molar-refractivity contribution in [1.82, 2.24) is 10.3 Å². The van der Waals surface area contributed by atoms with Crippen molar-refractivity contribution < 1.29 is 14.7 Å². The highest BCUT2D eigenvalue weighted by molar-refractivity contribution is 5.94. The Labute approximate surface area is 98.8 Å². The van der Waals surface area contributed by atoms with Crippen LogP contribution in [0.15, 0.2) is 18.3 Å². The zero-order chi connectivity index (χ0) is 12.7. The number of aromatic hydroxyl groups is 1. The maximum absolute atomic E-state index is 11.5. The SMILES string of the molecule is NC(=O)CCCCNC(=O)c1ncccc1O. The van der Waals surface area contributed by atoms with E-state index in [-0.39, 0.29) is 17.4 Å². The predicted octanol–water partition coefficient (Wildman–Crippen LogP) is 0.173. The van der Waals surface area contributed by atoms with Gasteiger partial charge in [-0.15, -0.1) is 0 Å². The lowest BCUT2D eigenvalue weighted by molar-refractivity contribution is -0.118. The summed E-state index contributed by atoms with van der Waals surface area (Å²) in [5.74, 6) is -0.928. The van der Waals surface area contributed by atoms with Crippen LogP contribution in [0.5, 0.6) is 5.75 Å². The van der Waals surface area contributed by atoms with Crippen molar-refractivity contribution in [3.8, 4) is 5.75 Å². The first-order valence-electron chi connectivity index (χ1n) is 5.31. The number of hydrogen-bond donors (Lipinski definition) is 3. The highest BCUT2D eigenvalue weighted by Gasteiger charge is 2.10. The maximum atomic E-state index is 11.5. The second-order valence-corrected chi connectivity index (χ2v) is 3.55. The first-order chi connectivity index (χ1) is 8.11. The van der Waals surface area contributed by atoms with E-state index in [0.29, 0.717) is 25.8 Å². The first-order valence-corrected chi connectivity index (χ1v) is 5.31. The third-order valence-electron chi connectivity index (χ3n) is 2.14. The quantitative estimate of drug-likeness (QED) is 0.613. The van der Waals surface area contributed by atoms with Crippen LogP contribution >= 0.6 is 0 Å². The van der Waals surface area contributed by atoms with Crippen LogP contribution in [0.4, 0.5) is 0 Å². The summed E-state index contributed by atoms with van der Waals surface area (Å²) in [5.41, 5.74) is 4.98. The molecule has 0 saturated heterocycles. The van der Waals surface area contributed by atoms with E-state index in [2.05, 4.69) is 10.3 Å². The van der Waals surface area contributed by atoms with Crippen molar-refractivity contribution >= 4 is 11.8 Å².